The summed E-state index contributed by atoms with van der Waals surface area (Å²) in [4.78, 5) is 23.4. The minimum absolute atomic E-state index is 0.366. The molecule has 0 fully saturated rings. The van der Waals surface area contributed by atoms with Crippen LogP contribution in [0.4, 0.5) is 4.39 Å². The number of hydrogen-bond acceptors (Lipinski definition) is 4. The lowest BCUT2D eigenvalue weighted by molar-refractivity contribution is -0.150. The van der Waals surface area contributed by atoms with Crippen molar-refractivity contribution in [2.45, 2.75) is 32.4 Å². The van der Waals surface area contributed by atoms with Crippen molar-refractivity contribution in [2.24, 2.45) is 0 Å². The minimum Gasteiger partial charge on any atom is -0.481 e. The molecule has 0 saturated heterocycles. The number of carbonyl (C=O) groups excluding carboxylic acids is 2. The molecule has 0 radical (unpaired) electrons. The van der Waals surface area contributed by atoms with Crippen LogP contribution in [0.3, 0.4) is 0 Å². The van der Waals surface area contributed by atoms with E-state index in [1.165, 1.54) is 52.1 Å². The number of carbonyl (C=O) groups is 2. The second-order valence-electron chi connectivity index (χ2n) is 4.82. The Kier molecular flexibility index (Phi) is 5.07. The third-order valence-electron chi connectivity index (χ3n) is 2.63. The van der Waals surface area contributed by atoms with E-state index in [1.807, 2.05) is 0 Å². The molecule has 1 N–H and O–H groups in total. The Balaban J connectivity index is 2.63. The molecule has 0 aliphatic carbocycles. The third-order valence-corrected chi connectivity index (χ3v) is 2.63. The number of ether oxygens (including phenoxy) is 2. The molecule has 0 aliphatic rings. The minimum atomic E-state index is -1.15. The van der Waals surface area contributed by atoms with Gasteiger partial charge in [-0.25, -0.2) is 9.18 Å². The molecule has 0 bridgehead atoms. The third kappa shape index (κ3) is 4.22. The summed E-state index contributed by atoms with van der Waals surface area (Å²) in [7, 11) is 1.24. The Morgan fingerprint density at radius 3 is 2.30 bits per heavy atom. The van der Waals surface area contributed by atoms with Crippen molar-refractivity contribution in [3.63, 3.8) is 0 Å². The van der Waals surface area contributed by atoms with E-state index in [9.17, 15) is 14.0 Å². The predicted molar refractivity (Wildman–Crippen MR) is 70.7 cm³/mol. The average Bonchev–Trinajstić information content (AvgIpc) is 2.39. The van der Waals surface area contributed by atoms with E-state index >= 15 is 0 Å². The molecule has 1 unspecified atom stereocenters. The molecular formula is C14H18FNO4. The molecule has 1 aromatic rings. The van der Waals surface area contributed by atoms with Crippen LogP contribution in [0.1, 0.15) is 20.8 Å². The van der Waals surface area contributed by atoms with E-state index in [0.717, 1.165) is 0 Å². The lowest BCUT2D eigenvalue weighted by Gasteiger charge is -2.25. The fourth-order valence-corrected chi connectivity index (χ4v) is 1.49. The van der Waals surface area contributed by atoms with Gasteiger partial charge in [-0.15, -0.1) is 0 Å². The second-order valence-corrected chi connectivity index (χ2v) is 4.82. The van der Waals surface area contributed by atoms with Crippen LogP contribution in [0, 0.1) is 5.82 Å². The van der Waals surface area contributed by atoms with Crippen molar-refractivity contribution >= 4 is 11.9 Å². The zero-order chi connectivity index (χ0) is 15.3. The smallest absolute Gasteiger partial charge is 0.330 e. The van der Waals surface area contributed by atoms with E-state index in [-0.39, 0.29) is 5.82 Å². The van der Waals surface area contributed by atoms with Gasteiger partial charge in [0.05, 0.1) is 7.11 Å². The molecule has 0 spiro atoms. The van der Waals surface area contributed by atoms with Crippen molar-refractivity contribution in [2.75, 3.05) is 7.11 Å². The average molecular weight is 283 g/mol. The summed E-state index contributed by atoms with van der Waals surface area (Å²) in [5, 5.41) is 2.53. The Bertz CT molecular complexity index is 484. The summed E-state index contributed by atoms with van der Waals surface area (Å²) in [6.07, 6.45) is -0.829. The van der Waals surface area contributed by atoms with E-state index in [4.69, 9.17) is 4.74 Å². The largest absolute Gasteiger partial charge is 0.481 e. The highest BCUT2D eigenvalue weighted by Crippen LogP contribution is 2.14. The maximum Gasteiger partial charge on any atom is 0.330 e. The molecule has 0 aliphatic heterocycles. The molecule has 0 heterocycles. The first-order chi connectivity index (χ1) is 9.26. The van der Waals surface area contributed by atoms with Crippen molar-refractivity contribution in [1.29, 1.82) is 0 Å². The fourth-order valence-electron chi connectivity index (χ4n) is 1.49. The van der Waals surface area contributed by atoms with Crippen LogP contribution in [0.15, 0.2) is 24.3 Å². The predicted octanol–water partition coefficient (Wildman–Crippen LogP) is 1.66. The number of methoxy groups -OCH3 is 1. The van der Waals surface area contributed by atoms with Crippen molar-refractivity contribution in [3.8, 4) is 5.75 Å². The van der Waals surface area contributed by atoms with E-state index in [0.29, 0.717) is 5.75 Å². The first kappa shape index (κ1) is 15.9. The summed E-state index contributed by atoms with van der Waals surface area (Å²) in [5.41, 5.74) is -1.15. The fraction of sp³-hybridized carbons (Fsp3) is 0.429. The number of halogens is 1. The Morgan fingerprint density at radius 2 is 1.80 bits per heavy atom. The van der Waals surface area contributed by atoms with Gasteiger partial charge in [0.1, 0.15) is 17.1 Å². The summed E-state index contributed by atoms with van der Waals surface area (Å²) in [5.74, 6) is -1.05. The van der Waals surface area contributed by atoms with Gasteiger partial charge in [0, 0.05) is 0 Å². The maximum atomic E-state index is 12.7. The Labute approximate surface area is 117 Å². The zero-order valence-electron chi connectivity index (χ0n) is 11.9. The lowest BCUT2D eigenvalue weighted by atomic mass is 10.1. The highest BCUT2D eigenvalue weighted by molar-refractivity contribution is 5.89. The number of amides is 1. The van der Waals surface area contributed by atoms with Gasteiger partial charge in [0.2, 0.25) is 0 Å². The first-order valence-corrected chi connectivity index (χ1v) is 6.09. The highest BCUT2D eigenvalue weighted by atomic mass is 19.1. The molecular weight excluding hydrogens is 265 g/mol. The molecule has 6 heteroatoms. The quantitative estimate of drug-likeness (QED) is 0.835. The van der Waals surface area contributed by atoms with Crippen molar-refractivity contribution in [3.05, 3.63) is 30.1 Å². The van der Waals surface area contributed by atoms with Crippen molar-refractivity contribution < 1.29 is 23.5 Å². The molecule has 20 heavy (non-hydrogen) atoms. The number of esters is 1. The zero-order valence-corrected chi connectivity index (χ0v) is 11.9. The Hall–Kier alpha value is -2.11. The van der Waals surface area contributed by atoms with Crippen LogP contribution in [-0.2, 0) is 14.3 Å². The van der Waals surface area contributed by atoms with E-state index in [1.54, 1.807) is 0 Å². The standard InChI is InChI=1S/C14H18FNO4/c1-9(20-11-7-5-10(15)6-8-11)12(17)16-14(2,3)13(18)19-4/h5-9H,1-4H3,(H,16,17). The number of nitrogens with one attached hydrogen (secondary N) is 1. The van der Waals surface area contributed by atoms with Gasteiger partial charge in [-0.1, -0.05) is 0 Å². The van der Waals surface area contributed by atoms with Crippen LogP contribution in [0.25, 0.3) is 0 Å². The molecule has 0 saturated carbocycles. The Morgan fingerprint density at radius 1 is 1.25 bits per heavy atom. The SMILES string of the molecule is COC(=O)C(C)(C)NC(=O)C(C)Oc1ccc(F)cc1. The summed E-state index contributed by atoms with van der Waals surface area (Å²) < 4.78 is 22.7. The maximum absolute atomic E-state index is 12.7. The monoisotopic (exact) mass is 283 g/mol. The van der Waals surface area contributed by atoms with Gasteiger partial charge < -0.3 is 14.8 Å². The van der Waals surface area contributed by atoms with Crippen LogP contribution in [0.2, 0.25) is 0 Å². The highest BCUT2D eigenvalue weighted by Gasteiger charge is 2.32. The number of hydrogen-bond donors (Lipinski definition) is 1. The molecule has 5 nitrogen and oxygen atoms in total. The van der Waals surface area contributed by atoms with Crippen LogP contribution in [-0.4, -0.2) is 30.6 Å². The van der Waals surface area contributed by atoms with E-state index < -0.39 is 23.5 Å². The summed E-state index contributed by atoms with van der Waals surface area (Å²) in [6.45, 7) is 4.59. The van der Waals surface area contributed by atoms with Gasteiger partial charge in [-0.05, 0) is 45.0 Å². The summed E-state index contributed by atoms with van der Waals surface area (Å²) in [6, 6.07) is 5.31. The number of rotatable bonds is 5. The number of benzene rings is 1. The van der Waals surface area contributed by atoms with Gasteiger partial charge in [0.15, 0.2) is 6.10 Å². The van der Waals surface area contributed by atoms with Crippen LogP contribution in [0.5, 0.6) is 5.75 Å². The molecule has 0 aromatic heterocycles. The van der Waals surface area contributed by atoms with Gasteiger partial charge in [-0.3, -0.25) is 4.79 Å². The first-order valence-electron chi connectivity index (χ1n) is 6.09. The van der Waals surface area contributed by atoms with Crippen molar-refractivity contribution in [1.82, 2.24) is 5.32 Å². The summed E-state index contributed by atoms with van der Waals surface area (Å²) >= 11 is 0. The van der Waals surface area contributed by atoms with Crippen LogP contribution < -0.4 is 10.1 Å². The molecule has 110 valence electrons. The molecule has 1 aromatic carbocycles. The van der Waals surface area contributed by atoms with Gasteiger partial charge in [0.25, 0.3) is 5.91 Å². The molecule has 1 amide bonds. The van der Waals surface area contributed by atoms with Gasteiger partial charge in [-0.2, -0.15) is 0 Å². The molecule has 1 atom stereocenters. The molecule has 1 rings (SSSR count). The van der Waals surface area contributed by atoms with Crippen LogP contribution >= 0.6 is 0 Å². The topological polar surface area (TPSA) is 64.6 Å². The normalized spacial score (nSPS) is 12.4. The second kappa shape index (κ2) is 6.36. The van der Waals surface area contributed by atoms with E-state index in [2.05, 4.69) is 10.1 Å². The lowest BCUT2D eigenvalue weighted by Crippen LogP contribution is -2.53. The van der Waals surface area contributed by atoms with Gasteiger partial charge >= 0.3 is 5.97 Å².